The molecule has 1 unspecified atom stereocenters. The molecule has 0 saturated carbocycles. The molecule has 5 nitrogen and oxygen atoms in total. The molecule has 3 rings (SSSR count). The summed E-state index contributed by atoms with van der Waals surface area (Å²) in [5.74, 6) is 230. The molecule has 1 fully saturated rings. The van der Waals surface area contributed by atoms with E-state index in [4.69, 9.17) is 30.5 Å². The summed E-state index contributed by atoms with van der Waals surface area (Å²) in [7, 11) is 0. The lowest BCUT2D eigenvalue weighted by Crippen LogP contribution is -2.34. The first-order chi connectivity index (χ1) is 61.1. The molecule has 1 aliphatic rings. The number of terminal acetylenes is 1. The lowest BCUT2D eigenvalue weighted by molar-refractivity contribution is -0.136. The number of nitrogens with zero attached hydrogens (tertiary/aromatic N) is 4. The van der Waals surface area contributed by atoms with E-state index in [1.807, 2.05) is 38.1 Å². The third kappa shape index (κ3) is 54.5. The van der Waals surface area contributed by atoms with E-state index in [1.54, 1.807) is 11.0 Å². The van der Waals surface area contributed by atoms with Crippen molar-refractivity contribution in [2.75, 3.05) is 9.80 Å². The molecule has 0 radical (unpaired) electrons. The molecule has 1 amide bonds. The lowest BCUT2D eigenvalue weighted by Gasteiger charge is -2.24. The number of benzene rings is 2. The molecular formula is C115H17F3N4OS. The van der Waals surface area contributed by atoms with E-state index in [2.05, 4.69) is 555 Å². The maximum absolute atomic E-state index is 13.3. The highest BCUT2D eigenvalue weighted by atomic mass is 32.1. The van der Waals surface area contributed by atoms with Crippen molar-refractivity contribution in [3.63, 3.8) is 0 Å². The highest BCUT2D eigenvalue weighted by Crippen LogP contribution is 2.40. The first-order valence-corrected chi connectivity index (χ1v) is 32.7. The fourth-order valence-electron chi connectivity index (χ4n) is 6.05. The molecule has 124 heavy (non-hydrogen) atoms. The van der Waals surface area contributed by atoms with Gasteiger partial charge in [0.1, 0.15) is 6.04 Å². The van der Waals surface area contributed by atoms with Crippen molar-refractivity contribution in [2.45, 2.75) is 32.5 Å². The second-order valence-electron chi connectivity index (χ2n) is 18.2. The molecule has 1 saturated heterocycles. The van der Waals surface area contributed by atoms with Gasteiger partial charge in [0.15, 0.2) is 16.9 Å². The van der Waals surface area contributed by atoms with Crippen molar-refractivity contribution in [1.29, 1.82) is 5.26 Å². The number of carbonyl (C=O) groups excluding carboxylic acids is 1. The van der Waals surface area contributed by atoms with Gasteiger partial charge in [0.05, 0.1) is 12.1 Å². The van der Waals surface area contributed by atoms with E-state index in [1.165, 1.54) is 6.07 Å². The minimum absolute atomic E-state index is 0.00258. The summed E-state index contributed by atoms with van der Waals surface area (Å²) in [6, 6.07) is 11.6. The molecule has 530 valence electrons. The second kappa shape index (κ2) is 71.8. The third-order valence-corrected chi connectivity index (χ3v) is 10.8. The topological polar surface area (TPSA) is 51.7 Å². The number of hydrogen-bond donors (Lipinski definition) is 0. The zero-order valence-electron chi connectivity index (χ0n) is 63.1. The van der Waals surface area contributed by atoms with Crippen LogP contribution in [0.2, 0.25) is 0 Å². The molecule has 2 aromatic carbocycles. The normalized spacial score (nSPS) is 6.94. The number of anilines is 2. The number of carbonyl (C=O) groups is 1. The molecule has 0 aromatic heterocycles. The predicted molar refractivity (Wildman–Crippen MR) is 478 cm³/mol. The Hall–Kier alpha value is -24.1. The first-order valence-electron chi connectivity index (χ1n) is 32.3. The quantitative estimate of drug-likeness (QED) is 0.223. The molecule has 9 heteroatoms. The zero-order chi connectivity index (χ0) is 89.1. The Morgan fingerprint density at radius 3 is 0.661 bits per heavy atom. The van der Waals surface area contributed by atoms with E-state index in [0.717, 1.165) is 22.6 Å². The summed E-state index contributed by atoms with van der Waals surface area (Å²) in [4.78, 5) is 18.7. The number of amides is 1. The summed E-state index contributed by atoms with van der Waals surface area (Å²) < 4.78 is 40.0. The van der Waals surface area contributed by atoms with Crippen LogP contribution in [0.5, 0.6) is 0 Å². The van der Waals surface area contributed by atoms with Crippen molar-refractivity contribution in [2.24, 2.45) is 0 Å². The average molecular weight is 1560 g/mol. The van der Waals surface area contributed by atoms with Gasteiger partial charge in [-0.25, -0.2) is 4.85 Å². The number of nitriles is 1. The van der Waals surface area contributed by atoms with Crippen LogP contribution in [-0.4, -0.2) is 17.1 Å². The third-order valence-electron chi connectivity index (χ3n) is 10.4. The summed E-state index contributed by atoms with van der Waals surface area (Å²) in [6.07, 6.45) is 0.684. The van der Waals surface area contributed by atoms with Crippen molar-refractivity contribution in [1.82, 2.24) is 0 Å². The van der Waals surface area contributed by atoms with E-state index >= 15 is 0 Å². The minimum Gasteiger partial charge on any atom is -0.306 e. The second-order valence-corrected chi connectivity index (χ2v) is 18.5. The number of thiocarbonyl (C=S) groups is 1. The van der Waals surface area contributed by atoms with E-state index in [-0.39, 0.29) is 10.8 Å². The van der Waals surface area contributed by atoms with Crippen LogP contribution in [0.4, 0.5) is 30.2 Å². The van der Waals surface area contributed by atoms with Crippen LogP contribution in [0.1, 0.15) is 24.5 Å². The molecule has 0 N–H and O–H groups in total. The highest BCUT2D eigenvalue weighted by molar-refractivity contribution is 7.81. The minimum atomic E-state index is -4.71. The Morgan fingerprint density at radius 1 is 0.323 bits per heavy atom. The maximum atomic E-state index is 13.3. The van der Waals surface area contributed by atoms with Crippen molar-refractivity contribution >= 4 is 40.3 Å². The Kier molecular flexibility index (Phi) is 55.6. The Morgan fingerprint density at radius 2 is 0.500 bits per heavy atom. The summed E-state index contributed by atoms with van der Waals surface area (Å²) in [6.45, 7) is 10.7. The van der Waals surface area contributed by atoms with Crippen molar-refractivity contribution < 1.29 is 18.0 Å². The van der Waals surface area contributed by atoms with Crippen LogP contribution in [0, 0.1) is 582 Å². The van der Waals surface area contributed by atoms with Gasteiger partial charge in [-0.1, -0.05) is 30.7 Å². The monoisotopic (exact) mass is 1560 g/mol. The van der Waals surface area contributed by atoms with Crippen LogP contribution in [-0.2, 0) is 11.0 Å². The fourth-order valence-corrected chi connectivity index (χ4v) is 6.48. The van der Waals surface area contributed by atoms with Gasteiger partial charge in [0, 0.05) is 515 Å². The molecule has 1 aliphatic heterocycles. The van der Waals surface area contributed by atoms with Gasteiger partial charge in [-0.15, -0.1) is 6.42 Å². The summed E-state index contributed by atoms with van der Waals surface area (Å²) >= 11 is 5.47. The van der Waals surface area contributed by atoms with Gasteiger partial charge in [-0.05, 0) is 97.2 Å². The van der Waals surface area contributed by atoms with Gasteiger partial charge >= 0.3 is 6.18 Å². The Balaban J connectivity index is 0.00000154. The van der Waals surface area contributed by atoms with Crippen LogP contribution < -0.4 is 9.80 Å². The van der Waals surface area contributed by atoms with Crippen LogP contribution in [0.15, 0.2) is 42.5 Å². The van der Waals surface area contributed by atoms with E-state index in [0.29, 0.717) is 12.1 Å². The number of rotatable bonds is 3. The predicted octanol–water partition coefficient (Wildman–Crippen LogP) is 5.78. The van der Waals surface area contributed by atoms with Gasteiger partial charge in [0.2, 0.25) is 0 Å². The lowest BCUT2D eigenvalue weighted by atomic mass is 10.1. The van der Waals surface area contributed by atoms with Gasteiger partial charge in [-0.2, -0.15) is 18.4 Å². The standard InChI is InChI=1S/C95HN.C20H16F3N3OS/c1-2-3-4-5-6-7-8-9-10-11-12-13-14-15-16-17-18-19-20-21-22-23-24-25-26-27-28-29-30-31-32-33-34-35-36-37-38-39-40-41-42-43-44-45-46-47-48-49-50-51-52-53-54-55-56-57-58-59-60-61-62-63-64-65-66-67-68-69-70-71-72-73-74-75-76-77-78-79-80-81-82-83-84-85-86-87-88-89-90-91-92-93-94-95-96;1-4-17-18(27)26(19(28)25(17)13-7-5-12(2)6-8-13)14-9-10-16(24-3)15(11-14)20(21,22)23/h1H;5-11,17H,4H2,1-2H3. The van der Waals surface area contributed by atoms with E-state index < -0.39 is 29.4 Å². The zero-order valence-corrected chi connectivity index (χ0v) is 64.0. The Bertz CT molecular complexity index is 7980. The highest BCUT2D eigenvalue weighted by Gasteiger charge is 2.44. The Labute approximate surface area is 729 Å². The van der Waals surface area contributed by atoms with Crippen LogP contribution in [0.25, 0.3) is 4.85 Å². The van der Waals surface area contributed by atoms with Crippen molar-refractivity contribution in [3.8, 4) is 563 Å². The molecule has 0 bridgehead atoms. The molecule has 0 aliphatic carbocycles. The first kappa shape index (κ1) is 96.0. The van der Waals surface area contributed by atoms with E-state index in [9.17, 15) is 18.0 Å². The number of hydrogen-bond acceptors (Lipinski definition) is 3. The molecule has 2 aromatic rings. The molecule has 1 heterocycles. The average Bonchev–Trinajstić information content (AvgIpc) is 1.60. The fraction of sp³-hybridized carbons (Fsp3) is 0.0435. The summed E-state index contributed by atoms with van der Waals surface area (Å²) in [5.41, 5.74) is 0.137. The molecule has 1 atom stereocenters. The number of aryl methyl sites for hydroxylation is 1. The number of halogens is 3. The summed E-state index contributed by atoms with van der Waals surface area (Å²) in [5, 5.41) is 8.34. The molecule has 0 spiro atoms. The van der Waals surface area contributed by atoms with Crippen molar-refractivity contribution in [3.05, 3.63) is 65.0 Å². The SMILES string of the molecule is C#CC#CC#CC#CC#CC#CC#CC#CC#CC#CC#CC#CC#CC#CC#CC#CC#CC#CC#CC#CC#CC#CC#CC#CC#CC#CC#CC#CC#CC#CC#CC#CC#CC#CC#CC#CC#CC#CC#CC#CC#CC#CC#CC#CC#CC#CC#CC#N.[C-]#[N+]c1ccc(N2C(=O)C(CC)N(c3ccc(C)cc3)C2=S)cc1C(F)(F)F. The van der Waals surface area contributed by atoms with Gasteiger partial charge < -0.3 is 4.90 Å². The largest absolute Gasteiger partial charge is 0.407 e. The van der Waals surface area contributed by atoms with Gasteiger partial charge in [0.25, 0.3) is 5.91 Å². The number of alkyl halides is 3. The molecular weight excluding hydrogens is 1540 g/mol. The van der Waals surface area contributed by atoms with Crippen LogP contribution >= 0.6 is 12.2 Å². The smallest absolute Gasteiger partial charge is 0.306 e. The van der Waals surface area contributed by atoms with Crippen LogP contribution in [0.3, 0.4) is 0 Å². The van der Waals surface area contributed by atoms with Gasteiger partial charge in [-0.3, -0.25) is 9.69 Å². The maximum Gasteiger partial charge on any atom is 0.407 e.